The van der Waals surface area contributed by atoms with Gasteiger partial charge in [0.05, 0.1) is 22.4 Å². The standard InChI is InChI=1S/C19H16ClN3OS/c1-12-17-18(13-5-3-2-4-6-13)25-11-16(24)21-19(17)23(22-12)15-9-7-14(20)8-10-15/h2-10,18H,11H2,1H3,(H,21,24). The van der Waals surface area contributed by atoms with Gasteiger partial charge in [0.2, 0.25) is 5.91 Å². The van der Waals surface area contributed by atoms with Gasteiger partial charge in [0, 0.05) is 10.6 Å². The first-order valence-corrected chi connectivity index (χ1v) is 9.38. The molecule has 4 nitrogen and oxygen atoms in total. The third-order valence-corrected chi connectivity index (χ3v) is 5.70. The zero-order chi connectivity index (χ0) is 17.4. The normalized spacial score (nSPS) is 16.9. The Morgan fingerprint density at radius 2 is 1.88 bits per heavy atom. The van der Waals surface area contributed by atoms with Gasteiger partial charge in [-0.05, 0) is 36.8 Å². The Morgan fingerprint density at radius 3 is 2.60 bits per heavy atom. The summed E-state index contributed by atoms with van der Waals surface area (Å²) >= 11 is 7.62. The number of carbonyl (C=O) groups is 1. The second-order valence-electron chi connectivity index (χ2n) is 5.89. The zero-order valence-corrected chi connectivity index (χ0v) is 15.1. The van der Waals surface area contributed by atoms with Gasteiger partial charge in [-0.15, -0.1) is 11.8 Å². The fourth-order valence-electron chi connectivity index (χ4n) is 3.04. The Balaban J connectivity index is 1.89. The van der Waals surface area contributed by atoms with E-state index >= 15 is 0 Å². The summed E-state index contributed by atoms with van der Waals surface area (Å²) in [5, 5.41) is 8.45. The lowest BCUT2D eigenvalue weighted by molar-refractivity contribution is -0.113. The maximum absolute atomic E-state index is 12.3. The average molecular weight is 370 g/mol. The van der Waals surface area contributed by atoms with E-state index in [0.717, 1.165) is 22.8 Å². The molecular weight excluding hydrogens is 354 g/mol. The number of amides is 1. The number of anilines is 1. The molecule has 0 radical (unpaired) electrons. The summed E-state index contributed by atoms with van der Waals surface area (Å²) in [6.45, 7) is 1.99. The molecule has 1 amide bonds. The minimum absolute atomic E-state index is 0.0141. The lowest BCUT2D eigenvalue weighted by Gasteiger charge is -2.15. The number of thioether (sulfide) groups is 1. The highest BCUT2D eigenvalue weighted by Crippen LogP contribution is 2.43. The van der Waals surface area contributed by atoms with Crippen LogP contribution in [0.2, 0.25) is 5.02 Å². The Labute approximate surface area is 155 Å². The maximum atomic E-state index is 12.3. The van der Waals surface area contributed by atoms with Crippen molar-refractivity contribution < 1.29 is 4.79 Å². The second kappa shape index (κ2) is 6.58. The number of carbonyl (C=O) groups excluding carboxylic acids is 1. The van der Waals surface area contributed by atoms with Crippen LogP contribution < -0.4 is 5.32 Å². The van der Waals surface area contributed by atoms with Crippen LogP contribution in [0.1, 0.15) is 22.1 Å². The third-order valence-electron chi connectivity index (χ3n) is 4.18. The Morgan fingerprint density at radius 1 is 1.16 bits per heavy atom. The molecule has 4 rings (SSSR count). The van der Waals surface area contributed by atoms with E-state index in [9.17, 15) is 4.79 Å². The molecule has 1 N–H and O–H groups in total. The molecule has 1 aliphatic heterocycles. The van der Waals surface area contributed by atoms with E-state index in [0.29, 0.717) is 10.8 Å². The molecule has 0 saturated carbocycles. The number of hydrogen-bond acceptors (Lipinski definition) is 3. The lowest BCUT2D eigenvalue weighted by Crippen LogP contribution is -2.15. The molecule has 0 saturated heterocycles. The lowest BCUT2D eigenvalue weighted by atomic mass is 10.0. The van der Waals surface area contributed by atoms with Crippen molar-refractivity contribution in [2.24, 2.45) is 0 Å². The van der Waals surface area contributed by atoms with Crippen molar-refractivity contribution in [2.75, 3.05) is 11.1 Å². The van der Waals surface area contributed by atoms with Crippen molar-refractivity contribution in [3.05, 3.63) is 76.4 Å². The Kier molecular flexibility index (Phi) is 4.27. The highest BCUT2D eigenvalue weighted by Gasteiger charge is 2.30. The quantitative estimate of drug-likeness (QED) is 0.717. The van der Waals surface area contributed by atoms with Crippen LogP contribution >= 0.6 is 23.4 Å². The molecule has 2 heterocycles. The van der Waals surface area contributed by atoms with E-state index in [2.05, 4.69) is 22.5 Å². The number of aromatic nitrogens is 2. The number of nitrogens with zero attached hydrogens (tertiary/aromatic N) is 2. The van der Waals surface area contributed by atoms with Crippen molar-refractivity contribution in [3.63, 3.8) is 0 Å². The number of aryl methyl sites for hydroxylation is 1. The summed E-state index contributed by atoms with van der Waals surface area (Å²) in [4.78, 5) is 12.3. The van der Waals surface area contributed by atoms with Crippen LogP contribution in [0.15, 0.2) is 54.6 Å². The topological polar surface area (TPSA) is 46.9 Å². The van der Waals surface area contributed by atoms with Crippen LogP contribution in [0, 0.1) is 6.92 Å². The Bertz CT molecular complexity index is 922. The monoisotopic (exact) mass is 369 g/mol. The van der Waals surface area contributed by atoms with E-state index < -0.39 is 0 Å². The smallest absolute Gasteiger partial charge is 0.235 e. The van der Waals surface area contributed by atoms with E-state index in [1.807, 2.05) is 49.4 Å². The second-order valence-corrected chi connectivity index (χ2v) is 7.42. The molecule has 1 atom stereocenters. The summed E-state index contributed by atoms with van der Waals surface area (Å²) in [6, 6.07) is 17.7. The predicted molar refractivity (Wildman–Crippen MR) is 103 cm³/mol. The molecule has 3 aromatic rings. The molecular formula is C19H16ClN3OS. The first kappa shape index (κ1) is 16.2. The van der Waals surface area contributed by atoms with E-state index in [1.54, 1.807) is 16.4 Å². The third kappa shape index (κ3) is 3.05. The highest BCUT2D eigenvalue weighted by molar-refractivity contribution is 8.00. The minimum atomic E-state index is -0.0141. The van der Waals surface area contributed by atoms with Crippen LogP contribution in [-0.2, 0) is 4.79 Å². The molecule has 6 heteroatoms. The molecule has 0 fully saturated rings. The largest absolute Gasteiger partial charge is 0.310 e. The highest BCUT2D eigenvalue weighted by atomic mass is 35.5. The summed E-state index contributed by atoms with van der Waals surface area (Å²) in [5.74, 6) is 1.14. The summed E-state index contributed by atoms with van der Waals surface area (Å²) in [5.41, 5.74) is 4.00. The van der Waals surface area contributed by atoms with Gasteiger partial charge in [-0.3, -0.25) is 4.79 Å². The molecule has 1 aromatic heterocycles. The number of fused-ring (bicyclic) bond motifs is 1. The fourth-order valence-corrected chi connectivity index (χ4v) is 4.36. The Hall–Kier alpha value is -2.24. The summed E-state index contributed by atoms with van der Waals surface area (Å²) in [6.07, 6.45) is 0. The summed E-state index contributed by atoms with van der Waals surface area (Å²) < 4.78 is 1.79. The van der Waals surface area contributed by atoms with E-state index in [-0.39, 0.29) is 11.2 Å². The maximum Gasteiger partial charge on any atom is 0.235 e. The number of nitrogens with one attached hydrogen (secondary N) is 1. The molecule has 0 aliphatic carbocycles. The van der Waals surface area contributed by atoms with Gasteiger partial charge in [-0.1, -0.05) is 41.9 Å². The molecule has 0 spiro atoms. The number of hydrogen-bond donors (Lipinski definition) is 1. The van der Waals surface area contributed by atoms with E-state index in [1.165, 1.54) is 5.56 Å². The molecule has 1 aliphatic rings. The number of rotatable bonds is 2. The van der Waals surface area contributed by atoms with E-state index in [4.69, 9.17) is 11.6 Å². The predicted octanol–water partition coefficient (Wildman–Crippen LogP) is 4.61. The first-order valence-electron chi connectivity index (χ1n) is 7.95. The van der Waals surface area contributed by atoms with Crippen LogP contribution in [-0.4, -0.2) is 21.4 Å². The molecule has 25 heavy (non-hydrogen) atoms. The van der Waals surface area contributed by atoms with Crippen LogP contribution in [0.3, 0.4) is 0 Å². The van der Waals surface area contributed by atoms with Gasteiger partial charge in [0.15, 0.2) is 0 Å². The molecule has 0 bridgehead atoms. The van der Waals surface area contributed by atoms with Gasteiger partial charge in [0.1, 0.15) is 5.82 Å². The van der Waals surface area contributed by atoms with Crippen molar-refractivity contribution in [1.82, 2.24) is 9.78 Å². The SMILES string of the molecule is Cc1nn(-c2ccc(Cl)cc2)c2c1C(c1ccccc1)SCC(=O)N2. The molecule has 2 aromatic carbocycles. The van der Waals surface area contributed by atoms with Crippen molar-refractivity contribution in [1.29, 1.82) is 0 Å². The van der Waals surface area contributed by atoms with Crippen LogP contribution in [0.5, 0.6) is 0 Å². The van der Waals surface area contributed by atoms with Crippen molar-refractivity contribution in [3.8, 4) is 5.69 Å². The average Bonchev–Trinajstić information content (AvgIpc) is 2.83. The number of halogens is 1. The van der Waals surface area contributed by atoms with Gasteiger partial charge in [0.25, 0.3) is 0 Å². The van der Waals surface area contributed by atoms with Crippen molar-refractivity contribution in [2.45, 2.75) is 12.2 Å². The van der Waals surface area contributed by atoms with Gasteiger partial charge in [-0.25, -0.2) is 4.68 Å². The first-order chi connectivity index (χ1) is 12.1. The van der Waals surface area contributed by atoms with Gasteiger partial charge in [-0.2, -0.15) is 5.10 Å². The fraction of sp³-hybridized carbons (Fsp3) is 0.158. The van der Waals surface area contributed by atoms with Gasteiger partial charge < -0.3 is 5.32 Å². The summed E-state index contributed by atoms with van der Waals surface area (Å²) in [7, 11) is 0. The molecule has 126 valence electrons. The number of benzene rings is 2. The molecule has 1 unspecified atom stereocenters. The van der Waals surface area contributed by atoms with Crippen LogP contribution in [0.4, 0.5) is 5.82 Å². The van der Waals surface area contributed by atoms with Gasteiger partial charge >= 0.3 is 0 Å². The minimum Gasteiger partial charge on any atom is -0.310 e. The zero-order valence-electron chi connectivity index (χ0n) is 13.6. The van der Waals surface area contributed by atoms with Crippen LogP contribution in [0.25, 0.3) is 5.69 Å². The van der Waals surface area contributed by atoms with Crippen molar-refractivity contribution >= 4 is 35.1 Å².